The lowest BCUT2D eigenvalue weighted by Crippen LogP contribution is -2.37. The van der Waals surface area contributed by atoms with Crippen molar-refractivity contribution in [2.75, 3.05) is 7.05 Å². The average Bonchev–Trinajstić information content (AvgIpc) is 3.28. The third kappa shape index (κ3) is 2.99. The predicted octanol–water partition coefficient (Wildman–Crippen LogP) is 2.30. The quantitative estimate of drug-likeness (QED) is 0.722. The fraction of sp³-hybridized carbons (Fsp3) is 0.222. The summed E-state index contributed by atoms with van der Waals surface area (Å²) in [5.41, 5.74) is 4.26. The van der Waals surface area contributed by atoms with Crippen molar-refractivity contribution in [3.05, 3.63) is 51.9 Å². The summed E-state index contributed by atoms with van der Waals surface area (Å²) in [7, 11) is 3.66. The first kappa shape index (κ1) is 16.5. The molecule has 0 spiro atoms. The third-order valence-electron chi connectivity index (χ3n) is 4.18. The van der Waals surface area contributed by atoms with E-state index in [1.807, 2.05) is 42.1 Å². The van der Waals surface area contributed by atoms with Crippen molar-refractivity contribution in [2.45, 2.75) is 13.5 Å². The number of rotatable bonds is 3. The van der Waals surface area contributed by atoms with E-state index in [0.717, 1.165) is 27.3 Å². The second kappa shape index (κ2) is 6.38. The number of aliphatic imine (C=N–C) groups is 1. The van der Waals surface area contributed by atoms with E-state index in [1.165, 1.54) is 4.90 Å². The maximum Gasteiger partial charge on any atom is 0.279 e. The first-order valence-corrected chi connectivity index (χ1v) is 9.03. The van der Waals surface area contributed by atoms with Crippen molar-refractivity contribution in [3.8, 4) is 0 Å². The summed E-state index contributed by atoms with van der Waals surface area (Å²) >= 11 is 1.59. The minimum absolute atomic E-state index is 0.132. The predicted molar refractivity (Wildman–Crippen MR) is 103 cm³/mol. The number of guanidine groups is 1. The molecule has 1 aliphatic heterocycles. The SMILES string of the molecule is Cc1csc(CNC2=N/C(=C\c3ccc4ncn(C)c4c3)C(=O)N2C)n1. The fourth-order valence-electron chi connectivity index (χ4n) is 2.79. The Labute approximate surface area is 154 Å². The summed E-state index contributed by atoms with van der Waals surface area (Å²) in [6.07, 6.45) is 3.57. The van der Waals surface area contributed by atoms with Crippen LogP contribution in [0.3, 0.4) is 0 Å². The molecule has 7 nitrogen and oxygen atoms in total. The minimum Gasteiger partial charge on any atom is -0.349 e. The number of amides is 1. The zero-order valence-electron chi connectivity index (χ0n) is 14.7. The van der Waals surface area contributed by atoms with Gasteiger partial charge in [-0.1, -0.05) is 6.07 Å². The summed E-state index contributed by atoms with van der Waals surface area (Å²) in [5.74, 6) is 0.406. The molecule has 8 heteroatoms. The highest BCUT2D eigenvalue weighted by Gasteiger charge is 2.26. The lowest BCUT2D eigenvalue weighted by atomic mass is 10.1. The number of nitrogens with one attached hydrogen (secondary N) is 1. The molecule has 1 aromatic carbocycles. The maximum atomic E-state index is 12.5. The lowest BCUT2D eigenvalue weighted by molar-refractivity contribution is -0.121. The average molecular weight is 366 g/mol. The van der Waals surface area contributed by atoms with Crippen LogP contribution in [-0.2, 0) is 18.4 Å². The first-order chi connectivity index (χ1) is 12.5. The third-order valence-corrected chi connectivity index (χ3v) is 5.15. The van der Waals surface area contributed by atoms with Crippen molar-refractivity contribution >= 4 is 40.3 Å². The van der Waals surface area contributed by atoms with E-state index >= 15 is 0 Å². The molecule has 0 atom stereocenters. The van der Waals surface area contributed by atoms with E-state index in [4.69, 9.17) is 0 Å². The van der Waals surface area contributed by atoms with Crippen LogP contribution in [0.4, 0.5) is 0 Å². The summed E-state index contributed by atoms with van der Waals surface area (Å²) in [6.45, 7) is 2.51. The highest BCUT2D eigenvalue weighted by molar-refractivity contribution is 7.09. The molecule has 0 unspecified atom stereocenters. The van der Waals surface area contributed by atoms with Gasteiger partial charge in [-0.25, -0.2) is 15.0 Å². The molecule has 0 bridgehead atoms. The van der Waals surface area contributed by atoms with Crippen molar-refractivity contribution < 1.29 is 4.79 Å². The van der Waals surface area contributed by atoms with E-state index in [0.29, 0.717) is 18.2 Å². The van der Waals surface area contributed by atoms with Gasteiger partial charge in [0.25, 0.3) is 5.91 Å². The Morgan fingerprint density at radius 1 is 1.31 bits per heavy atom. The van der Waals surface area contributed by atoms with Gasteiger partial charge in [-0.3, -0.25) is 9.69 Å². The van der Waals surface area contributed by atoms with Crippen LogP contribution in [0.1, 0.15) is 16.3 Å². The van der Waals surface area contributed by atoms with E-state index < -0.39 is 0 Å². The summed E-state index contributed by atoms with van der Waals surface area (Å²) in [6, 6.07) is 5.88. The summed E-state index contributed by atoms with van der Waals surface area (Å²) in [4.78, 5) is 27.2. The highest BCUT2D eigenvalue weighted by atomic mass is 32.1. The molecule has 3 heterocycles. The van der Waals surface area contributed by atoms with Gasteiger partial charge in [-0.05, 0) is 30.7 Å². The second-order valence-corrected chi connectivity index (χ2v) is 7.11. The number of hydrogen-bond donors (Lipinski definition) is 1. The van der Waals surface area contributed by atoms with Crippen LogP contribution in [0, 0.1) is 6.92 Å². The number of benzene rings is 1. The second-order valence-electron chi connectivity index (χ2n) is 6.17. The number of carbonyl (C=O) groups is 1. The molecule has 26 heavy (non-hydrogen) atoms. The van der Waals surface area contributed by atoms with Gasteiger partial charge in [-0.15, -0.1) is 11.3 Å². The smallest absolute Gasteiger partial charge is 0.279 e. The van der Waals surface area contributed by atoms with Gasteiger partial charge in [-0.2, -0.15) is 0 Å². The normalized spacial score (nSPS) is 16.0. The Balaban J connectivity index is 1.58. The molecule has 1 amide bonds. The largest absolute Gasteiger partial charge is 0.349 e. The Morgan fingerprint density at radius 3 is 2.92 bits per heavy atom. The molecule has 1 N–H and O–H groups in total. The molecule has 0 saturated heterocycles. The number of thiazole rings is 1. The molecule has 3 aromatic rings. The molecule has 0 saturated carbocycles. The Hall–Kier alpha value is -3.00. The molecular weight excluding hydrogens is 348 g/mol. The Kier molecular flexibility index (Phi) is 4.04. The van der Waals surface area contributed by atoms with Crippen LogP contribution in [-0.4, -0.2) is 38.3 Å². The van der Waals surface area contributed by atoms with Gasteiger partial charge in [0.2, 0.25) is 5.96 Å². The fourth-order valence-corrected chi connectivity index (χ4v) is 3.50. The number of aryl methyl sites for hydroxylation is 2. The minimum atomic E-state index is -0.132. The molecule has 0 aliphatic carbocycles. The first-order valence-electron chi connectivity index (χ1n) is 8.15. The molecule has 2 aromatic heterocycles. The van der Waals surface area contributed by atoms with E-state index in [9.17, 15) is 4.79 Å². The standard InChI is InChI=1S/C18H18N6OS/c1-11-9-26-16(21-11)8-19-18-22-14(17(25)24(18)3)6-12-4-5-13-15(7-12)23(2)10-20-13/h4-7,9-10H,8H2,1-3H3,(H,19,22)/b14-6-. The van der Waals surface area contributed by atoms with Crippen molar-refractivity contribution in [1.82, 2.24) is 24.8 Å². The topological polar surface area (TPSA) is 75.4 Å². The zero-order valence-corrected chi connectivity index (χ0v) is 15.5. The maximum absolute atomic E-state index is 12.5. The summed E-state index contributed by atoms with van der Waals surface area (Å²) < 4.78 is 1.95. The summed E-state index contributed by atoms with van der Waals surface area (Å²) in [5, 5.41) is 6.16. The van der Waals surface area contributed by atoms with Gasteiger partial charge in [0, 0.05) is 25.2 Å². The molecule has 4 rings (SSSR count). The van der Waals surface area contributed by atoms with Crippen LogP contribution >= 0.6 is 11.3 Å². The van der Waals surface area contributed by atoms with Gasteiger partial charge >= 0.3 is 0 Å². The lowest BCUT2D eigenvalue weighted by Gasteiger charge is -2.12. The molecule has 0 fully saturated rings. The van der Waals surface area contributed by atoms with E-state index in [2.05, 4.69) is 20.3 Å². The van der Waals surface area contributed by atoms with Crippen LogP contribution in [0.2, 0.25) is 0 Å². The number of imidazole rings is 1. The Morgan fingerprint density at radius 2 is 2.15 bits per heavy atom. The molecule has 0 radical (unpaired) electrons. The van der Waals surface area contributed by atoms with Gasteiger partial charge in [0.05, 0.1) is 23.9 Å². The van der Waals surface area contributed by atoms with Gasteiger partial charge in [0.1, 0.15) is 10.7 Å². The van der Waals surface area contributed by atoms with Crippen LogP contribution in [0.5, 0.6) is 0 Å². The van der Waals surface area contributed by atoms with Crippen LogP contribution in [0.25, 0.3) is 17.1 Å². The Bertz CT molecular complexity index is 1060. The van der Waals surface area contributed by atoms with Gasteiger partial charge in [0.15, 0.2) is 0 Å². The number of hydrogen-bond acceptors (Lipinski definition) is 6. The van der Waals surface area contributed by atoms with Crippen LogP contribution in [0.15, 0.2) is 40.6 Å². The monoisotopic (exact) mass is 366 g/mol. The van der Waals surface area contributed by atoms with Crippen LogP contribution < -0.4 is 5.32 Å². The van der Waals surface area contributed by atoms with Crippen molar-refractivity contribution in [3.63, 3.8) is 0 Å². The molecular formula is C18H18N6OS. The number of likely N-dealkylation sites (N-methyl/N-ethyl adjacent to an activating group) is 1. The van der Waals surface area contributed by atoms with E-state index in [-0.39, 0.29) is 5.91 Å². The van der Waals surface area contributed by atoms with Gasteiger partial charge < -0.3 is 9.88 Å². The zero-order chi connectivity index (χ0) is 18.3. The number of nitrogens with zero attached hydrogens (tertiary/aromatic N) is 5. The number of carbonyl (C=O) groups excluding carboxylic acids is 1. The number of fused-ring (bicyclic) bond motifs is 1. The van der Waals surface area contributed by atoms with Crippen molar-refractivity contribution in [2.24, 2.45) is 12.0 Å². The highest BCUT2D eigenvalue weighted by Crippen LogP contribution is 2.20. The molecule has 132 valence electrons. The molecule has 1 aliphatic rings. The number of aromatic nitrogens is 3. The van der Waals surface area contributed by atoms with E-state index in [1.54, 1.807) is 30.8 Å². The van der Waals surface area contributed by atoms with Crippen molar-refractivity contribution in [1.29, 1.82) is 0 Å².